The van der Waals surface area contributed by atoms with Gasteiger partial charge in [-0.25, -0.2) is 9.78 Å². The number of nitrogens with one attached hydrogen (secondary N) is 1. The third kappa shape index (κ3) is 10.3. The van der Waals surface area contributed by atoms with Gasteiger partial charge in [-0.15, -0.1) is 4.98 Å². The Morgan fingerprint density at radius 1 is 0.907 bits per heavy atom. The lowest BCUT2D eigenvalue weighted by Crippen LogP contribution is -2.44. The SMILES string of the molecule is [C-]#[N+]c1nc(Cl)c(C(=O)N[C@H](CC(=O)OCc2ccccc2)C(=O)OCc2ccccc2)nc1N(CCOC)CCOC. The van der Waals surface area contributed by atoms with Crippen LogP contribution in [0.5, 0.6) is 0 Å². The van der Waals surface area contributed by atoms with E-state index in [1.165, 1.54) is 14.2 Å². The monoisotopic (exact) mass is 609 g/mol. The maximum Gasteiger partial charge on any atom is 0.329 e. The average Bonchev–Trinajstić information content (AvgIpc) is 3.03. The van der Waals surface area contributed by atoms with E-state index in [4.69, 9.17) is 37.1 Å². The quantitative estimate of drug-likeness (QED) is 0.189. The first-order chi connectivity index (χ1) is 20.9. The number of carbonyl (C=O) groups is 3. The van der Waals surface area contributed by atoms with Crippen LogP contribution in [0.3, 0.4) is 0 Å². The molecule has 1 heterocycles. The molecule has 12 nitrogen and oxygen atoms in total. The minimum absolute atomic E-state index is 0.0169. The van der Waals surface area contributed by atoms with Crippen LogP contribution >= 0.6 is 11.6 Å². The molecule has 2 aromatic carbocycles. The topological polar surface area (TPSA) is 134 Å². The Morgan fingerprint density at radius 2 is 1.47 bits per heavy atom. The normalized spacial score (nSPS) is 11.2. The third-order valence-corrected chi connectivity index (χ3v) is 6.26. The summed E-state index contributed by atoms with van der Waals surface area (Å²) in [5, 5.41) is 2.13. The smallest absolute Gasteiger partial charge is 0.329 e. The van der Waals surface area contributed by atoms with Gasteiger partial charge < -0.3 is 34.0 Å². The van der Waals surface area contributed by atoms with Crippen molar-refractivity contribution in [3.63, 3.8) is 0 Å². The molecular formula is C30H32ClN5O7. The third-order valence-electron chi connectivity index (χ3n) is 6.00. The van der Waals surface area contributed by atoms with Crippen LogP contribution in [-0.2, 0) is 41.8 Å². The first kappa shape index (κ1) is 32.9. The Morgan fingerprint density at radius 3 is 2.00 bits per heavy atom. The lowest BCUT2D eigenvalue weighted by molar-refractivity contribution is -0.153. The fraction of sp³-hybridized carbons (Fsp3) is 0.333. The van der Waals surface area contributed by atoms with Crippen LogP contribution in [0.2, 0.25) is 5.15 Å². The summed E-state index contributed by atoms with van der Waals surface area (Å²) < 4.78 is 21.0. The first-order valence-corrected chi connectivity index (χ1v) is 13.6. The molecule has 1 N–H and O–H groups in total. The molecule has 0 fully saturated rings. The Labute approximate surface area is 254 Å². The fourth-order valence-corrected chi connectivity index (χ4v) is 3.98. The maximum absolute atomic E-state index is 13.4. The molecule has 0 aliphatic rings. The highest BCUT2D eigenvalue weighted by Gasteiger charge is 2.30. The van der Waals surface area contributed by atoms with Gasteiger partial charge in [-0.1, -0.05) is 67.2 Å². The number of amides is 1. The van der Waals surface area contributed by atoms with Crippen molar-refractivity contribution in [2.45, 2.75) is 25.7 Å². The predicted molar refractivity (Wildman–Crippen MR) is 158 cm³/mol. The van der Waals surface area contributed by atoms with E-state index in [-0.39, 0.29) is 35.7 Å². The van der Waals surface area contributed by atoms with E-state index in [1.807, 2.05) is 12.1 Å². The van der Waals surface area contributed by atoms with Crippen molar-refractivity contribution < 1.29 is 33.3 Å². The van der Waals surface area contributed by atoms with E-state index in [1.54, 1.807) is 53.4 Å². The minimum Gasteiger partial charge on any atom is -0.461 e. The van der Waals surface area contributed by atoms with Gasteiger partial charge in [0.1, 0.15) is 19.3 Å². The maximum atomic E-state index is 13.4. The van der Waals surface area contributed by atoms with Gasteiger partial charge in [-0.2, -0.15) is 0 Å². The molecule has 1 atom stereocenters. The van der Waals surface area contributed by atoms with Crippen LogP contribution in [0.25, 0.3) is 4.85 Å². The Balaban J connectivity index is 1.83. The van der Waals surface area contributed by atoms with Crippen LogP contribution in [0.1, 0.15) is 28.0 Å². The number of hydrogen-bond donors (Lipinski definition) is 1. The molecule has 43 heavy (non-hydrogen) atoms. The van der Waals surface area contributed by atoms with Gasteiger partial charge in [-0.3, -0.25) is 9.59 Å². The zero-order valence-corrected chi connectivity index (χ0v) is 24.6. The Kier molecular flexibility index (Phi) is 13.3. The number of aromatic nitrogens is 2. The average molecular weight is 610 g/mol. The van der Waals surface area contributed by atoms with Crippen molar-refractivity contribution in [1.29, 1.82) is 0 Å². The van der Waals surface area contributed by atoms with Gasteiger partial charge in [0.05, 0.1) is 19.6 Å². The summed E-state index contributed by atoms with van der Waals surface area (Å²) in [4.78, 5) is 52.7. The molecule has 0 spiro atoms. The number of carbonyl (C=O) groups excluding carboxylic acids is 3. The standard InChI is InChI=1S/C30H32ClN5O7/c1-32-27-28(36(14-16-40-2)15-17-41-3)34-25(26(31)35-27)29(38)33-23(30(39)43-20-22-12-8-5-9-13-22)18-24(37)42-19-21-10-6-4-7-11-21/h4-13,23H,14-20H2,2-3H3,(H,33,38)/t23-/m1/s1. The molecule has 1 amide bonds. The summed E-state index contributed by atoms with van der Waals surface area (Å²) in [6.45, 7) is 8.68. The van der Waals surface area contributed by atoms with E-state index >= 15 is 0 Å². The van der Waals surface area contributed by atoms with E-state index in [0.29, 0.717) is 31.9 Å². The molecule has 3 rings (SSSR count). The van der Waals surface area contributed by atoms with Crippen LogP contribution in [0.15, 0.2) is 60.7 Å². The molecule has 0 bridgehead atoms. The first-order valence-electron chi connectivity index (χ1n) is 13.2. The summed E-state index contributed by atoms with van der Waals surface area (Å²) in [5.41, 5.74) is 1.12. The van der Waals surface area contributed by atoms with Crippen molar-refractivity contribution in [2.75, 3.05) is 45.4 Å². The highest BCUT2D eigenvalue weighted by Crippen LogP contribution is 2.28. The highest BCUT2D eigenvalue weighted by atomic mass is 35.5. The second kappa shape index (κ2) is 17.4. The van der Waals surface area contributed by atoms with Gasteiger partial charge in [0.2, 0.25) is 0 Å². The zero-order valence-electron chi connectivity index (χ0n) is 23.8. The van der Waals surface area contributed by atoms with Crippen molar-refractivity contribution in [3.05, 3.63) is 94.1 Å². The van der Waals surface area contributed by atoms with Crippen LogP contribution in [0.4, 0.5) is 11.6 Å². The number of halogens is 1. The van der Waals surface area contributed by atoms with Crippen molar-refractivity contribution in [1.82, 2.24) is 15.3 Å². The van der Waals surface area contributed by atoms with Crippen molar-refractivity contribution >= 4 is 41.1 Å². The molecule has 3 aromatic rings. The van der Waals surface area contributed by atoms with Gasteiger partial charge in [0.25, 0.3) is 11.1 Å². The fourth-order valence-electron chi connectivity index (χ4n) is 3.77. The van der Waals surface area contributed by atoms with Gasteiger partial charge >= 0.3 is 17.8 Å². The lowest BCUT2D eigenvalue weighted by atomic mass is 10.2. The van der Waals surface area contributed by atoms with Crippen LogP contribution in [0, 0.1) is 6.57 Å². The summed E-state index contributed by atoms with van der Waals surface area (Å²) in [6.07, 6.45) is -0.516. The number of nitrogens with zero attached hydrogens (tertiary/aromatic N) is 4. The molecule has 1 aromatic heterocycles. The number of rotatable bonds is 16. The van der Waals surface area contributed by atoms with Crippen LogP contribution in [-0.4, -0.2) is 74.4 Å². The van der Waals surface area contributed by atoms with Crippen molar-refractivity contribution in [2.24, 2.45) is 0 Å². The second-order valence-electron chi connectivity index (χ2n) is 9.06. The molecule has 0 aliphatic heterocycles. The lowest BCUT2D eigenvalue weighted by Gasteiger charge is -2.24. The van der Waals surface area contributed by atoms with Gasteiger partial charge in [-0.05, 0) is 22.7 Å². The number of benzene rings is 2. The predicted octanol–water partition coefficient (Wildman–Crippen LogP) is 3.76. The number of hydrogen-bond acceptors (Lipinski definition) is 10. The molecule has 0 aliphatic carbocycles. The zero-order chi connectivity index (χ0) is 31.0. The number of esters is 2. The molecular weight excluding hydrogens is 578 g/mol. The van der Waals surface area contributed by atoms with Crippen molar-refractivity contribution in [3.8, 4) is 0 Å². The highest BCUT2D eigenvalue weighted by molar-refractivity contribution is 6.32. The summed E-state index contributed by atoms with van der Waals surface area (Å²) in [5.74, 6) is -2.54. The molecule has 0 saturated heterocycles. The second-order valence-corrected chi connectivity index (χ2v) is 9.42. The summed E-state index contributed by atoms with van der Waals surface area (Å²) in [6, 6.07) is 16.5. The molecule has 0 unspecified atom stereocenters. The Bertz CT molecular complexity index is 1400. The minimum atomic E-state index is -1.43. The number of anilines is 1. The summed E-state index contributed by atoms with van der Waals surface area (Å²) in [7, 11) is 3.05. The van der Waals surface area contributed by atoms with Gasteiger partial charge in [0.15, 0.2) is 11.5 Å². The van der Waals surface area contributed by atoms with Gasteiger partial charge in [0, 0.05) is 27.3 Å². The molecule has 13 heteroatoms. The Hall–Kier alpha value is -4.57. The van der Waals surface area contributed by atoms with E-state index in [2.05, 4.69) is 20.1 Å². The van der Waals surface area contributed by atoms with E-state index in [0.717, 1.165) is 5.56 Å². The largest absolute Gasteiger partial charge is 0.461 e. The molecule has 0 radical (unpaired) electrons. The van der Waals surface area contributed by atoms with E-state index < -0.39 is 30.3 Å². The number of methoxy groups -OCH3 is 2. The number of ether oxygens (including phenoxy) is 4. The molecule has 226 valence electrons. The van der Waals surface area contributed by atoms with Crippen LogP contribution < -0.4 is 10.2 Å². The molecule has 0 saturated carbocycles. The van der Waals surface area contributed by atoms with E-state index in [9.17, 15) is 14.4 Å². The summed E-state index contributed by atoms with van der Waals surface area (Å²) >= 11 is 6.26.